The molecule has 1 aromatic rings. The summed E-state index contributed by atoms with van der Waals surface area (Å²) in [5.41, 5.74) is -0.499. The van der Waals surface area contributed by atoms with Crippen LogP contribution in [0.2, 0.25) is 0 Å². The number of carbonyl (C=O) groups excluding carboxylic acids is 2. The summed E-state index contributed by atoms with van der Waals surface area (Å²) in [4.78, 5) is 24.4. The first-order valence-corrected chi connectivity index (χ1v) is 9.23. The van der Waals surface area contributed by atoms with Crippen molar-refractivity contribution in [2.45, 2.75) is 25.8 Å². The van der Waals surface area contributed by atoms with Crippen molar-refractivity contribution in [2.75, 3.05) is 23.0 Å². The summed E-state index contributed by atoms with van der Waals surface area (Å²) < 4.78 is 50.3. The van der Waals surface area contributed by atoms with E-state index in [2.05, 4.69) is 5.32 Å². The molecular weight excluding hydrogens is 342 g/mol. The number of anilines is 1. The number of nitrogens with zero attached hydrogens (tertiary/aromatic N) is 1. The van der Waals surface area contributed by atoms with Crippen LogP contribution in [0.15, 0.2) is 18.2 Å². The molecule has 6 nitrogen and oxygen atoms in total. The molecule has 1 saturated heterocycles. The largest absolute Gasteiger partial charge is 0.352 e. The van der Waals surface area contributed by atoms with Crippen LogP contribution in [0.5, 0.6) is 0 Å². The lowest BCUT2D eigenvalue weighted by Crippen LogP contribution is -2.39. The van der Waals surface area contributed by atoms with Gasteiger partial charge in [-0.1, -0.05) is 6.07 Å². The van der Waals surface area contributed by atoms with E-state index < -0.39 is 45.0 Å². The third-order valence-electron chi connectivity index (χ3n) is 3.75. The van der Waals surface area contributed by atoms with Gasteiger partial charge in [0.25, 0.3) is 0 Å². The summed E-state index contributed by atoms with van der Waals surface area (Å²) in [6.07, 6.45) is 0.149. The predicted molar refractivity (Wildman–Crippen MR) is 84.2 cm³/mol. The van der Waals surface area contributed by atoms with E-state index in [-0.39, 0.29) is 24.5 Å². The van der Waals surface area contributed by atoms with Crippen LogP contribution in [-0.2, 0) is 19.4 Å². The lowest BCUT2D eigenvalue weighted by atomic mass is 10.2. The van der Waals surface area contributed by atoms with Crippen molar-refractivity contribution in [3.05, 3.63) is 29.8 Å². The first-order valence-electron chi connectivity index (χ1n) is 7.41. The molecule has 24 heavy (non-hydrogen) atoms. The van der Waals surface area contributed by atoms with Crippen LogP contribution >= 0.6 is 0 Å². The highest BCUT2D eigenvalue weighted by molar-refractivity contribution is 7.91. The first kappa shape index (κ1) is 18.3. The van der Waals surface area contributed by atoms with Crippen LogP contribution in [0.4, 0.5) is 14.5 Å². The molecule has 132 valence electrons. The number of carbonyl (C=O) groups is 2. The van der Waals surface area contributed by atoms with Gasteiger partial charge >= 0.3 is 0 Å². The fourth-order valence-corrected chi connectivity index (χ4v) is 4.27. The van der Waals surface area contributed by atoms with E-state index in [1.165, 1.54) is 6.07 Å². The molecule has 1 aliphatic rings. The number of benzene rings is 1. The monoisotopic (exact) mass is 360 g/mol. The fraction of sp³-hybridized carbons (Fsp3) is 0.467. The molecule has 1 fully saturated rings. The Hall–Kier alpha value is -2.03. The molecule has 0 saturated carbocycles. The quantitative estimate of drug-likeness (QED) is 0.850. The summed E-state index contributed by atoms with van der Waals surface area (Å²) in [5, 5.41) is 2.57. The van der Waals surface area contributed by atoms with Gasteiger partial charge < -0.3 is 10.2 Å². The van der Waals surface area contributed by atoms with Gasteiger partial charge in [0, 0.05) is 25.9 Å². The zero-order valence-electron chi connectivity index (χ0n) is 13.1. The summed E-state index contributed by atoms with van der Waals surface area (Å²) in [6, 6.07) is 2.77. The van der Waals surface area contributed by atoms with Crippen molar-refractivity contribution < 1.29 is 26.8 Å². The molecule has 1 aromatic carbocycles. The highest BCUT2D eigenvalue weighted by atomic mass is 32.2. The Morgan fingerprint density at radius 1 is 1.29 bits per heavy atom. The average molecular weight is 360 g/mol. The maximum atomic E-state index is 13.8. The summed E-state index contributed by atoms with van der Waals surface area (Å²) in [7, 11) is -3.12. The minimum Gasteiger partial charge on any atom is -0.352 e. The lowest BCUT2D eigenvalue weighted by Gasteiger charge is -2.22. The number of para-hydroxylation sites is 1. The third kappa shape index (κ3) is 4.50. The number of nitrogens with one attached hydrogen (secondary N) is 1. The molecule has 0 bridgehead atoms. The minimum atomic E-state index is -3.12. The molecule has 1 N–H and O–H groups in total. The van der Waals surface area contributed by atoms with Crippen LogP contribution in [0, 0.1) is 11.6 Å². The molecule has 1 aliphatic heterocycles. The maximum absolute atomic E-state index is 13.8. The predicted octanol–water partition coefficient (Wildman–Crippen LogP) is 1.01. The number of amides is 2. The molecule has 9 heteroatoms. The van der Waals surface area contributed by atoms with E-state index in [4.69, 9.17) is 0 Å². The van der Waals surface area contributed by atoms with Gasteiger partial charge in [-0.25, -0.2) is 17.2 Å². The number of sulfone groups is 1. The maximum Gasteiger partial charge on any atom is 0.224 e. The number of halogens is 2. The Kier molecular flexibility index (Phi) is 5.53. The second-order valence-electron chi connectivity index (χ2n) is 5.66. The van der Waals surface area contributed by atoms with E-state index >= 15 is 0 Å². The van der Waals surface area contributed by atoms with Crippen molar-refractivity contribution in [1.29, 1.82) is 0 Å². The Morgan fingerprint density at radius 2 is 1.92 bits per heavy atom. The number of rotatable bonds is 5. The molecule has 2 amide bonds. The van der Waals surface area contributed by atoms with Gasteiger partial charge in [-0.3, -0.25) is 9.59 Å². The molecule has 1 heterocycles. The minimum absolute atomic E-state index is 0.0257. The van der Waals surface area contributed by atoms with E-state index in [1.807, 2.05) is 0 Å². The van der Waals surface area contributed by atoms with Crippen LogP contribution < -0.4 is 10.2 Å². The van der Waals surface area contributed by atoms with E-state index in [0.717, 1.165) is 24.0 Å². The topological polar surface area (TPSA) is 83.6 Å². The molecule has 0 aliphatic carbocycles. The highest BCUT2D eigenvalue weighted by Gasteiger charge is 2.29. The van der Waals surface area contributed by atoms with Crippen molar-refractivity contribution in [3.63, 3.8) is 0 Å². The average Bonchev–Trinajstić information content (AvgIpc) is 2.80. The Balaban J connectivity index is 2.00. The van der Waals surface area contributed by atoms with Crippen molar-refractivity contribution in [1.82, 2.24) is 5.32 Å². The van der Waals surface area contributed by atoms with E-state index in [0.29, 0.717) is 6.42 Å². The van der Waals surface area contributed by atoms with Gasteiger partial charge in [-0.05, 0) is 18.6 Å². The van der Waals surface area contributed by atoms with Gasteiger partial charge in [0.15, 0.2) is 9.84 Å². The number of hydrogen-bond donors (Lipinski definition) is 1. The highest BCUT2D eigenvalue weighted by Crippen LogP contribution is 2.23. The van der Waals surface area contributed by atoms with Gasteiger partial charge in [0.2, 0.25) is 11.8 Å². The van der Waals surface area contributed by atoms with Gasteiger partial charge in [0.05, 0.1) is 11.5 Å². The SMILES string of the molecule is CC(=O)N(CCC(=O)NC1CCS(=O)(=O)C1)c1c(F)cccc1F. The molecule has 0 spiro atoms. The second kappa shape index (κ2) is 7.25. The molecule has 1 unspecified atom stereocenters. The first-order chi connectivity index (χ1) is 11.2. The zero-order valence-corrected chi connectivity index (χ0v) is 13.9. The third-order valence-corrected chi connectivity index (χ3v) is 5.52. The smallest absolute Gasteiger partial charge is 0.224 e. The molecule has 2 rings (SSSR count). The summed E-state index contributed by atoms with van der Waals surface area (Å²) >= 11 is 0. The van der Waals surface area contributed by atoms with Crippen LogP contribution in [-0.4, -0.2) is 44.3 Å². The number of hydrogen-bond acceptors (Lipinski definition) is 4. The zero-order chi connectivity index (χ0) is 17.9. The van der Waals surface area contributed by atoms with E-state index in [9.17, 15) is 26.8 Å². The Labute approximate surface area is 138 Å². The van der Waals surface area contributed by atoms with Gasteiger partial charge in [0.1, 0.15) is 17.3 Å². The molecule has 0 radical (unpaired) electrons. The Bertz CT molecular complexity index is 732. The lowest BCUT2D eigenvalue weighted by molar-refractivity contribution is -0.121. The summed E-state index contributed by atoms with van der Waals surface area (Å²) in [5.74, 6) is -2.95. The summed E-state index contributed by atoms with van der Waals surface area (Å²) in [6.45, 7) is 0.936. The molecule has 0 aromatic heterocycles. The fourth-order valence-electron chi connectivity index (χ4n) is 2.60. The Morgan fingerprint density at radius 3 is 2.42 bits per heavy atom. The van der Waals surface area contributed by atoms with Gasteiger partial charge in [-0.2, -0.15) is 0 Å². The molecule has 1 atom stereocenters. The normalized spacial score (nSPS) is 19.0. The van der Waals surface area contributed by atoms with Crippen LogP contribution in [0.3, 0.4) is 0 Å². The van der Waals surface area contributed by atoms with E-state index in [1.54, 1.807) is 0 Å². The second-order valence-corrected chi connectivity index (χ2v) is 7.89. The van der Waals surface area contributed by atoms with Crippen molar-refractivity contribution in [3.8, 4) is 0 Å². The molecular formula is C15H18F2N2O4S. The van der Waals surface area contributed by atoms with Crippen LogP contribution in [0.25, 0.3) is 0 Å². The standard InChI is InChI=1S/C15H18F2N2O4S/c1-10(20)19(15-12(16)3-2-4-13(15)17)7-5-14(21)18-11-6-8-24(22,23)9-11/h2-4,11H,5-9H2,1H3,(H,18,21). The van der Waals surface area contributed by atoms with Crippen LogP contribution in [0.1, 0.15) is 19.8 Å². The van der Waals surface area contributed by atoms with Crippen molar-refractivity contribution in [2.24, 2.45) is 0 Å². The van der Waals surface area contributed by atoms with Crippen molar-refractivity contribution >= 4 is 27.3 Å². The van der Waals surface area contributed by atoms with Gasteiger partial charge in [-0.15, -0.1) is 0 Å².